The van der Waals surface area contributed by atoms with E-state index in [-0.39, 0.29) is 24.0 Å². The van der Waals surface area contributed by atoms with Gasteiger partial charge in [-0.15, -0.1) is 24.0 Å². The minimum absolute atomic E-state index is 0. The van der Waals surface area contributed by atoms with E-state index in [2.05, 4.69) is 90.8 Å². The number of guanidine groups is 1. The highest BCUT2D eigenvalue weighted by Gasteiger charge is 2.09. The summed E-state index contributed by atoms with van der Waals surface area (Å²) in [5, 5.41) is 6.80. The van der Waals surface area contributed by atoms with Gasteiger partial charge in [0, 0.05) is 38.3 Å². The largest absolute Gasteiger partial charge is 0.496 e. The molecule has 0 radical (unpaired) electrons. The molecule has 0 aromatic heterocycles. The van der Waals surface area contributed by atoms with Crippen LogP contribution in [0.25, 0.3) is 0 Å². The lowest BCUT2D eigenvalue weighted by atomic mass is 10.1. The third kappa shape index (κ3) is 7.85. The van der Waals surface area contributed by atoms with Gasteiger partial charge in [-0.3, -0.25) is 9.89 Å². The molecular formula is C23H35IN4O. The number of methoxy groups -OCH3 is 1. The first kappa shape index (κ1) is 25.2. The quantitative estimate of drug-likeness (QED) is 0.316. The maximum atomic E-state index is 5.49. The number of hydrogen-bond donors (Lipinski definition) is 2. The van der Waals surface area contributed by atoms with Gasteiger partial charge in [0.25, 0.3) is 0 Å². The standard InChI is InChI=1S/C23H34N4O.HI/c1-17(2)27(5)16-21-10-8-7-9-19(21)14-25-23(24-4)26-15-20-12-11-18(3)13-22(20)28-6;/h7-13,17H,14-16H2,1-6H3,(H2,24,25,26);1H. The van der Waals surface area contributed by atoms with Gasteiger partial charge in [-0.05, 0) is 50.6 Å². The van der Waals surface area contributed by atoms with Gasteiger partial charge >= 0.3 is 0 Å². The second-order valence-corrected chi connectivity index (χ2v) is 7.37. The van der Waals surface area contributed by atoms with Crippen molar-refractivity contribution >= 4 is 29.9 Å². The number of benzene rings is 2. The Morgan fingerprint density at radius 3 is 2.24 bits per heavy atom. The maximum absolute atomic E-state index is 5.49. The summed E-state index contributed by atoms with van der Waals surface area (Å²) in [7, 11) is 5.65. The Bertz CT molecular complexity index is 792. The lowest BCUT2D eigenvalue weighted by Crippen LogP contribution is -2.36. The SMILES string of the molecule is CN=C(NCc1ccccc1CN(C)C(C)C)NCc1ccc(C)cc1OC.I. The van der Waals surface area contributed by atoms with Crippen molar-refractivity contribution in [1.82, 2.24) is 15.5 Å². The van der Waals surface area contributed by atoms with Gasteiger partial charge < -0.3 is 15.4 Å². The highest BCUT2D eigenvalue weighted by molar-refractivity contribution is 14.0. The van der Waals surface area contributed by atoms with Gasteiger partial charge in [-0.25, -0.2) is 0 Å². The fourth-order valence-electron chi connectivity index (χ4n) is 2.91. The first-order chi connectivity index (χ1) is 13.4. The predicted octanol–water partition coefficient (Wildman–Crippen LogP) is 4.33. The molecule has 0 bridgehead atoms. The molecule has 0 aliphatic heterocycles. The van der Waals surface area contributed by atoms with E-state index in [0.717, 1.165) is 30.4 Å². The van der Waals surface area contributed by atoms with Crippen LogP contribution in [0, 0.1) is 6.92 Å². The Hall–Kier alpha value is -1.80. The smallest absolute Gasteiger partial charge is 0.191 e. The number of rotatable bonds is 8. The fraction of sp³-hybridized carbons (Fsp3) is 0.435. The first-order valence-corrected chi connectivity index (χ1v) is 9.79. The number of ether oxygens (including phenoxy) is 1. The summed E-state index contributed by atoms with van der Waals surface area (Å²) in [6.07, 6.45) is 0. The molecule has 160 valence electrons. The molecule has 0 amide bonds. The van der Waals surface area contributed by atoms with Crippen LogP contribution in [-0.4, -0.2) is 38.1 Å². The van der Waals surface area contributed by atoms with Gasteiger partial charge in [0.15, 0.2) is 5.96 Å². The number of aryl methyl sites for hydroxylation is 1. The van der Waals surface area contributed by atoms with E-state index in [0.29, 0.717) is 12.6 Å². The molecule has 29 heavy (non-hydrogen) atoms. The van der Waals surface area contributed by atoms with Gasteiger partial charge in [-0.1, -0.05) is 36.4 Å². The Balaban J connectivity index is 0.00000420. The molecule has 0 fully saturated rings. The van der Waals surface area contributed by atoms with E-state index in [1.807, 2.05) is 0 Å². The summed E-state index contributed by atoms with van der Waals surface area (Å²) in [6, 6.07) is 15.3. The topological polar surface area (TPSA) is 48.9 Å². The van der Waals surface area contributed by atoms with Crippen molar-refractivity contribution in [2.45, 2.75) is 46.4 Å². The van der Waals surface area contributed by atoms with E-state index in [1.54, 1.807) is 14.2 Å². The van der Waals surface area contributed by atoms with Gasteiger partial charge in [0.05, 0.1) is 7.11 Å². The highest BCUT2D eigenvalue weighted by Crippen LogP contribution is 2.19. The Morgan fingerprint density at radius 2 is 1.66 bits per heavy atom. The molecule has 0 spiro atoms. The van der Waals surface area contributed by atoms with E-state index >= 15 is 0 Å². The Morgan fingerprint density at radius 1 is 1.03 bits per heavy atom. The molecule has 2 aromatic carbocycles. The van der Waals surface area contributed by atoms with Crippen molar-refractivity contribution < 1.29 is 4.74 Å². The molecule has 0 unspecified atom stereocenters. The van der Waals surface area contributed by atoms with Gasteiger partial charge in [0.1, 0.15) is 5.75 Å². The van der Waals surface area contributed by atoms with Crippen molar-refractivity contribution in [3.63, 3.8) is 0 Å². The molecule has 0 atom stereocenters. The number of halogens is 1. The zero-order valence-electron chi connectivity index (χ0n) is 18.5. The zero-order chi connectivity index (χ0) is 20.5. The molecule has 0 aliphatic carbocycles. The van der Waals surface area contributed by atoms with Crippen LogP contribution in [0.15, 0.2) is 47.5 Å². The Kier molecular flexibility index (Phi) is 11.0. The summed E-state index contributed by atoms with van der Waals surface area (Å²) < 4.78 is 5.49. The molecule has 0 heterocycles. The van der Waals surface area contributed by atoms with Crippen molar-refractivity contribution in [3.8, 4) is 5.75 Å². The summed E-state index contributed by atoms with van der Waals surface area (Å²) in [4.78, 5) is 6.70. The lowest BCUT2D eigenvalue weighted by Gasteiger charge is -2.23. The van der Waals surface area contributed by atoms with Gasteiger partial charge in [-0.2, -0.15) is 0 Å². The molecular weight excluding hydrogens is 475 g/mol. The molecule has 2 aromatic rings. The van der Waals surface area contributed by atoms with Crippen molar-refractivity contribution in [2.24, 2.45) is 4.99 Å². The predicted molar refractivity (Wildman–Crippen MR) is 133 cm³/mol. The van der Waals surface area contributed by atoms with Crippen molar-refractivity contribution in [2.75, 3.05) is 21.2 Å². The number of nitrogens with one attached hydrogen (secondary N) is 2. The molecule has 5 nitrogen and oxygen atoms in total. The monoisotopic (exact) mass is 510 g/mol. The van der Waals surface area contributed by atoms with Crippen LogP contribution in [0.2, 0.25) is 0 Å². The normalized spacial score (nSPS) is 11.4. The molecule has 6 heteroatoms. The molecule has 2 N–H and O–H groups in total. The number of aliphatic imine (C=N–C) groups is 1. The second kappa shape index (κ2) is 12.7. The Labute approximate surface area is 193 Å². The number of hydrogen-bond acceptors (Lipinski definition) is 3. The van der Waals surface area contributed by atoms with E-state index < -0.39 is 0 Å². The van der Waals surface area contributed by atoms with Crippen molar-refractivity contribution in [3.05, 3.63) is 64.7 Å². The van der Waals surface area contributed by atoms with E-state index in [4.69, 9.17) is 4.74 Å². The second-order valence-electron chi connectivity index (χ2n) is 7.37. The van der Waals surface area contributed by atoms with Crippen LogP contribution in [0.5, 0.6) is 5.75 Å². The average Bonchev–Trinajstić information content (AvgIpc) is 2.69. The summed E-state index contributed by atoms with van der Waals surface area (Å²) in [5.41, 5.74) is 4.91. The summed E-state index contributed by atoms with van der Waals surface area (Å²) in [5.74, 6) is 1.67. The van der Waals surface area contributed by atoms with Gasteiger partial charge in [0.2, 0.25) is 0 Å². The molecule has 0 aliphatic rings. The van der Waals surface area contributed by atoms with Crippen LogP contribution in [0.4, 0.5) is 0 Å². The summed E-state index contributed by atoms with van der Waals surface area (Å²) >= 11 is 0. The average molecular weight is 510 g/mol. The lowest BCUT2D eigenvalue weighted by molar-refractivity contribution is 0.265. The molecule has 2 rings (SSSR count). The van der Waals surface area contributed by atoms with Crippen LogP contribution in [0.3, 0.4) is 0 Å². The maximum Gasteiger partial charge on any atom is 0.191 e. The first-order valence-electron chi connectivity index (χ1n) is 9.79. The molecule has 0 saturated heterocycles. The van der Waals surface area contributed by atoms with Crippen LogP contribution in [-0.2, 0) is 19.6 Å². The minimum Gasteiger partial charge on any atom is -0.496 e. The zero-order valence-corrected chi connectivity index (χ0v) is 20.8. The highest BCUT2D eigenvalue weighted by atomic mass is 127. The summed E-state index contributed by atoms with van der Waals surface area (Å²) in [6.45, 7) is 8.81. The van der Waals surface area contributed by atoms with Crippen LogP contribution < -0.4 is 15.4 Å². The van der Waals surface area contributed by atoms with Crippen molar-refractivity contribution in [1.29, 1.82) is 0 Å². The molecule has 0 saturated carbocycles. The minimum atomic E-state index is 0. The third-order valence-electron chi connectivity index (χ3n) is 4.98. The van der Waals surface area contributed by atoms with E-state index in [1.165, 1.54) is 16.7 Å². The van der Waals surface area contributed by atoms with Crippen LogP contribution in [0.1, 0.15) is 36.1 Å². The third-order valence-corrected chi connectivity index (χ3v) is 4.98. The number of nitrogens with zero attached hydrogens (tertiary/aromatic N) is 2. The fourth-order valence-corrected chi connectivity index (χ4v) is 2.91. The van der Waals surface area contributed by atoms with E-state index in [9.17, 15) is 0 Å². The van der Waals surface area contributed by atoms with Crippen LogP contribution >= 0.6 is 24.0 Å².